The Balaban J connectivity index is 2.14. The number of aromatic nitrogens is 1. The summed E-state index contributed by atoms with van der Waals surface area (Å²) in [5, 5.41) is 18.8. The number of pyridine rings is 1. The molecule has 3 rings (SSSR count). The Hall–Kier alpha value is -4.17. The molecule has 3 aromatic rings. The Kier molecular flexibility index (Phi) is 5.05. The molecule has 28 heavy (non-hydrogen) atoms. The van der Waals surface area contributed by atoms with Gasteiger partial charge in [0.05, 0.1) is 0 Å². The molecule has 1 heterocycles. The second-order valence-corrected chi connectivity index (χ2v) is 5.71. The maximum atomic E-state index is 13.8. The summed E-state index contributed by atoms with van der Waals surface area (Å²) in [6, 6.07) is 13.4. The third-order valence-corrected chi connectivity index (χ3v) is 4.05. The SMILES string of the molecule is N#Cc1c(N)[nH]c(=O)c(C#N)c1-c1ccccc1COc1c(F)cccc1F. The van der Waals surface area contributed by atoms with Crippen LogP contribution in [0.3, 0.4) is 0 Å². The minimum absolute atomic E-state index is 0.0412. The zero-order valence-corrected chi connectivity index (χ0v) is 14.3. The summed E-state index contributed by atoms with van der Waals surface area (Å²) in [5.74, 6) is -2.47. The average Bonchev–Trinajstić information content (AvgIpc) is 2.67. The van der Waals surface area contributed by atoms with Crippen molar-refractivity contribution in [1.82, 2.24) is 4.98 Å². The number of anilines is 1. The van der Waals surface area contributed by atoms with Gasteiger partial charge >= 0.3 is 0 Å². The van der Waals surface area contributed by atoms with E-state index in [0.29, 0.717) is 11.1 Å². The molecule has 0 unspecified atom stereocenters. The van der Waals surface area contributed by atoms with Gasteiger partial charge in [-0.05, 0) is 23.3 Å². The number of hydrogen-bond acceptors (Lipinski definition) is 5. The van der Waals surface area contributed by atoms with Crippen LogP contribution in [0.4, 0.5) is 14.6 Å². The number of hydrogen-bond donors (Lipinski definition) is 2. The first-order valence-corrected chi connectivity index (χ1v) is 7.99. The van der Waals surface area contributed by atoms with E-state index in [-0.39, 0.29) is 29.1 Å². The van der Waals surface area contributed by atoms with Crippen molar-refractivity contribution in [3.63, 3.8) is 0 Å². The van der Waals surface area contributed by atoms with E-state index in [1.165, 1.54) is 6.07 Å². The van der Waals surface area contributed by atoms with Crippen LogP contribution in [0.15, 0.2) is 47.3 Å². The standard InChI is InChI=1S/C20H12F2N4O2/c21-15-6-3-7-16(22)18(15)28-10-11-4-1-2-5-12(11)17-13(8-23)19(25)26-20(27)14(17)9-24/h1-7H,10H2,(H3,25,26,27). The second kappa shape index (κ2) is 7.60. The van der Waals surface area contributed by atoms with Crippen molar-refractivity contribution in [3.05, 3.63) is 81.1 Å². The maximum absolute atomic E-state index is 13.8. The fraction of sp³-hybridized carbons (Fsp3) is 0.0500. The average molecular weight is 378 g/mol. The van der Waals surface area contributed by atoms with E-state index in [0.717, 1.165) is 12.1 Å². The van der Waals surface area contributed by atoms with Gasteiger partial charge in [0.2, 0.25) is 0 Å². The molecular weight excluding hydrogens is 366 g/mol. The third kappa shape index (κ3) is 3.27. The van der Waals surface area contributed by atoms with E-state index in [4.69, 9.17) is 10.5 Å². The smallest absolute Gasteiger partial charge is 0.268 e. The number of nitrogen functional groups attached to an aromatic ring is 1. The van der Waals surface area contributed by atoms with Crippen molar-refractivity contribution in [2.45, 2.75) is 6.61 Å². The van der Waals surface area contributed by atoms with Gasteiger partial charge in [0, 0.05) is 5.56 Å². The number of aromatic amines is 1. The number of nitrogens with zero attached hydrogens (tertiary/aromatic N) is 2. The van der Waals surface area contributed by atoms with Crippen LogP contribution in [-0.2, 0) is 6.61 Å². The highest BCUT2D eigenvalue weighted by Gasteiger charge is 2.21. The summed E-state index contributed by atoms with van der Waals surface area (Å²) in [4.78, 5) is 14.4. The summed E-state index contributed by atoms with van der Waals surface area (Å²) in [6.45, 7) is -0.267. The van der Waals surface area contributed by atoms with Crippen LogP contribution in [-0.4, -0.2) is 4.98 Å². The lowest BCUT2D eigenvalue weighted by Gasteiger charge is -2.14. The van der Waals surface area contributed by atoms with Gasteiger partial charge in [-0.25, -0.2) is 8.78 Å². The van der Waals surface area contributed by atoms with E-state index >= 15 is 0 Å². The van der Waals surface area contributed by atoms with Crippen molar-refractivity contribution in [3.8, 4) is 29.0 Å². The Morgan fingerprint density at radius 3 is 2.29 bits per heavy atom. The molecule has 1 aromatic heterocycles. The monoisotopic (exact) mass is 378 g/mol. The first-order chi connectivity index (χ1) is 13.5. The van der Waals surface area contributed by atoms with E-state index in [2.05, 4.69) is 4.98 Å². The van der Waals surface area contributed by atoms with Gasteiger partial charge in [0.1, 0.15) is 35.7 Å². The minimum atomic E-state index is -0.867. The number of para-hydroxylation sites is 1. The third-order valence-electron chi connectivity index (χ3n) is 4.05. The molecule has 0 bridgehead atoms. The van der Waals surface area contributed by atoms with E-state index < -0.39 is 22.9 Å². The van der Waals surface area contributed by atoms with E-state index in [1.807, 2.05) is 6.07 Å². The normalized spacial score (nSPS) is 10.1. The Labute approximate surface area is 158 Å². The van der Waals surface area contributed by atoms with Gasteiger partial charge in [-0.1, -0.05) is 30.3 Å². The van der Waals surface area contributed by atoms with Gasteiger partial charge in [0.25, 0.3) is 5.56 Å². The molecular formula is C20H12F2N4O2. The van der Waals surface area contributed by atoms with E-state index in [1.54, 1.807) is 30.3 Å². The van der Waals surface area contributed by atoms with Gasteiger partial charge < -0.3 is 15.5 Å². The van der Waals surface area contributed by atoms with Crippen LogP contribution in [0.25, 0.3) is 11.1 Å². The molecule has 2 aromatic carbocycles. The molecule has 0 aliphatic carbocycles. The molecule has 0 spiro atoms. The molecule has 0 radical (unpaired) electrons. The lowest BCUT2D eigenvalue weighted by Crippen LogP contribution is -2.17. The fourth-order valence-electron chi connectivity index (χ4n) is 2.77. The molecule has 0 saturated carbocycles. The first kappa shape index (κ1) is 18.6. The maximum Gasteiger partial charge on any atom is 0.268 e. The van der Waals surface area contributed by atoms with Gasteiger partial charge in [-0.3, -0.25) is 4.79 Å². The van der Waals surface area contributed by atoms with Gasteiger partial charge in [-0.15, -0.1) is 0 Å². The summed E-state index contributed by atoms with van der Waals surface area (Å²) in [7, 11) is 0. The van der Waals surface area contributed by atoms with Crippen molar-refractivity contribution < 1.29 is 13.5 Å². The highest BCUT2D eigenvalue weighted by Crippen LogP contribution is 2.32. The van der Waals surface area contributed by atoms with Crippen molar-refractivity contribution in [1.29, 1.82) is 10.5 Å². The molecule has 0 saturated heterocycles. The molecule has 138 valence electrons. The highest BCUT2D eigenvalue weighted by molar-refractivity contribution is 5.81. The van der Waals surface area contributed by atoms with Crippen LogP contribution in [0, 0.1) is 34.3 Å². The number of nitrogens with two attached hydrogens (primary N) is 1. The van der Waals surface area contributed by atoms with Gasteiger partial charge in [-0.2, -0.15) is 10.5 Å². The number of nitriles is 2. The number of halogens is 2. The molecule has 6 nitrogen and oxygen atoms in total. The number of nitrogens with one attached hydrogen (secondary N) is 1. The summed E-state index contributed by atoms with van der Waals surface area (Å²) in [5.41, 5.74) is 5.38. The summed E-state index contributed by atoms with van der Waals surface area (Å²) >= 11 is 0. The summed E-state index contributed by atoms with van der Waals surface area (Å²) in [6.07, 6.45) is 0. The predicted octanol–water partition coefficient (Wildman–Crippen LogP) is 3.22. The van der Waals surface area contributed by atoms with Crippen LogP contribution in [0.1, 0.15) is 16.7 Å². The largest absolute Gasteiger partial charge is 0.483 e. The lowest BCUT2D eigenvalue weighted by molar-refractivity contribution is 0.274. The van der Waals surface area contributed by atoms with Crippen molar-refractivity contribution in [2.75, 3.05) is 5.73 Å². The molecule has 0 aliphatic heterocycles. The molecule has 8 heteroatoms. The first-order valence-electron chi connectivity index (χ1n) is 7.99. The number of benzene rings is 2. The van der Waals surface area contributed by atoms with Crippen molar-refractivity contribution in [2.24, 2.45) is 0 Å². The molecule has 0 amide bonds. The van der Waals surface area contributed by atoms with Crippen molar-refractivity contribution >= 4 is 5.82 Å². The highest BCUT2D eigenvalue weighted by atomic mass is 19.1. The molecule has 3 N–H and O–H groups in total. The Morgan fingerprint density at radius 2 is 1.64 bits per heavy atom. The zero-order valence-electron chi connectivity index (χ0n) is 14.3. The zero-order chi connectivity index (χ0) is 20.3. The van der Waals surface area contributed by atoms with Crippen LogP contribution in [0.5, 0.6) is 5.75 Å². The second-order valence-electron chi connectivity index (χ2n) is 5.71. The van der Waals surface area contributed by atoms with Gasteiger partial charge in [0.15, 0.2) is 17.4 Å². The number of ether oxygens (including phenoxy) is 1. The molecule has 0 atom stereocenters. The summed E-state index contributed by atoms with van der Waals surface area (Å²) < 4.78 is 32.9. The van der Waals surface area contributed by atoms with Crippen LogP contribution < -0.4 is 16.0 Å². The quantitative estimate of drug-likeness (QED) is 0.723. The van der Waals surface area contributed by atoms with Crippen LogP contribution in [0.2, 0.25) is 0 Å². The lowest BCUT2D eigenvalue weighted by atomic mass is 9.93. The fourth-order valence-corrected chi connectivity index (χ4v) is 2.77. The molecule has 0 fully saturated rings. The predicted molar refractivity (Wildman–Crippen MR) is 97.0 cm³/mol. The Bertz CT molecular complexity index is 1190. The van der Waals surface area contributed by atoms with E-state index in [9.17, 15) is 24.1 Å². The Morgan fingerprint density at radius 1 is 1.00 bits per heavy atom. The number of rotatable bonds is 4. The topological polar surface area (TPSA) is 116 Å². The minimum Gasteiger partial charge on any atom is -0.483 e. The number of H-pyrrole nitrogens is 1. The molecule has 0 aliphatic rings. The van der Waals surface area contributed by atoms with Crippen LogP contribution >= 0.6 is 0 Å².